The molecule has 0 aliphatic carbocycles. The lowest BCUT2D eigenvalue weighted by molar-refractivity contribution is -0.136. The first-order valence-corrected chi connectivity index (χ1v) is 4.75. The first-order valence-electron chi connectivity index (χ1n) is 4.75. The normalized spacial score (nSPS) is 12.9. The zero-order chi connectivity index (χ0) is 12.2. The number of para-hydroxylation sites is 1. The summed E-state index contributed by atoms with van der Waals surface area (Å²) in [5, 5.41) is 11.4. The minimum atomic E-state index is -4.20. The first-order chi connectivity index (χ1) is 7.42. The molecular formula is C11H11F3N2. The van der Waals surface area contributed by atoms with Gasteiger partial charge in [0, 0.05) is 6.04 Å². The van der Waals surface area contributed by atoms with Crippen molar-refractivity contribution < 1.29 is 13.2 Å². The molecular weight excluding hydrogens is 217 g/mol. The molecule has 0 saturated carbocycles. The van der Waals surface area contributed by atoms with Crippen molar-refractivity contribution in [3.8, 4) is 6.07 Å². The Kier molecular flexibility index (Phi) is 3.78. The summed E-state index contributed by atoms with van der Waals surface area (Å²) in [6.07, 6.45) is -5.12. The minimum absolute atomic E-state index is 0.344. The van der Waals surface area contributed by atoms with E-state index in [0.29, 0.717) is 11.3 Å². The number of nitrogens with one attached hydrogen (secondary N) is 1. The third kappa shape index (κ3) is 3.81. The summed E-state index contributed by atoms with van der Waals surface area (Å²) >= 11 is 0. The standard InChI is InChI=1S/C11H11F3N2/c1-8(6-11(12,13)14)16-10-5-3-2-4-9(10)7-15/h2-5,8,16H,6H2,1H3. The van der Waals surface area contributed by atoms with Crippen LogP contribution in [0.4, 0.5) is 18.9 Å². The van der Waals surface area contributed by atoms with Crippen LogP contribution in [0.25, 0.3) is 0 Å². The molecule has 0 amide bonds. The maximum Gasteiger partial charge on any atom is 0.391 e. The number of hydrogen-bond acceptors (Lipinski definition) is 2. The summed E-state index contributed by atoms with van der Waals surface area (Å²) in [5.74, 6) is 0. The van der Waals surface area contributed by atoms with Crippen LogP contribution in [0.1, 0.15) is 18.9 Å². The highest BCUT2D eigenvalue weighted by Crippen LogP contribution is 2.24. The van der Waals surface area contributed by atoms with E-state index >= 15 is 0 Å². The number of halogens is 3. The lowest BCUT2D eigenvalue weighted by Gasteiger charge is -2.17. The molecule has 0 aliphatic rings. The van der Waals surface area contributed by atoms with Crippen LogP contribution < -0.4 is 5.32 Å². The van der Waals surface area contributed by atoms with Gasteiger partial charge in [0.1, 0.15) is 6.07 Å². The summed E-state index contributed by atoms with van der Waals surface area (Å²) in [4.78, 5) is 0. The van der Waals surface area contributed by atoms with Gasteiger partial charge in [0.25, 0.3) is 0 Å². The predicted molar refractivity (Wildman–Crippen MR) is 54.9 cm³/mol. The van der Waals surface area contributed by atoms with Crippen molar-refractivity contribution in [3.05, 3.63) is 29.8 Å². The largest absolute Gasteiger partial charge is 0.391 e. The molecule has 0 spiro atoms. The number of alkyl halides is 3. The second-order valence-corrected chi connectivity index (χ2v) is 3.52. The fourth-order valence-electron chi connectivity index (χ4n) is 1.37. The third-order valence-electron chi connectivity index (χ3n) is 1.99. The Morgan fingerprint density at radius 2 is 2.00 bits per heavy atom. The van der Waals surface area contributed by atoms with E-state index in [0.717, 1.165) is 0 Å². The lowest BCUT2D eigenvalue weighted by Crippen LogP contribution is -2.24. The average molecular weight is 228 g/mol. The molecule has 2 nitrogen and oxygen atoms in total. The van der Waals surface area contributed by atoms with E-state index in [1.165, 1.54) is 6.92 Å². The molecule has 86 valence electrons. The van der Waals surface area contributed by atoms with Gasteiger partial charge in [-0.25, -0.2) is 0 Å². The predicted octanol–water partition coefficient (Wildman–Crippen LogP) is 3.31. The topological polar surface area (TPSA) is 35.8 Å². The van der Waals surface area contributed by atoms with Crippen LogP contribution in [0.2, 0.25) is 0 Å². The summed E-state index contributed by atoms with van der Waals surface area (Å²) in [6, 6.07) is 7.65. The molecule has 1 atom stereocenters. The molecule has 0 saturated heterocycles. The van der Waals surface area contributed by atoms with Gasteiger partial charge in [-0.05, 0) is 19.1 Å². The maximum atomic E-state index is 12.1. The van der Waals surface area contributed by atoms with Crippen LogP contribution >= 0.6 is 0 Å². The van der Waals surface area contributed by atoms with E-state index in [4.69, 9.17) is 5.26 Å². The molecule has 0 bridgehead atoms. The molecule has 0 aromatic heterocycles. The van der Waals surface area contributed by atoms with Gasteiger partial charge in [0.15, 0.2) is 0 Å². The number of rotatable bonds is 3. The molecule has 16 heavy (non-hydrogen) atoms. The van der Waals surface area contributed by atoms with Crippen LogP contribution in [0.15, 0.2) is 24.3 Å². The minimum Gasteiger partial charge on any atom is -0.381 e. The van der Waals surface area contributed by atoms with Gasteiger partial charge in [-0.3, -0.25) is 0 Å². The summed E-state index contributed by atoms with van der Waals surface area (Å²) in [6.45, 7) is 1.43. The van der Waals surface area contributed by atoms with Crippen molar-refractivity contribution in [1.82, 2.24) is 0 Å². The zero-order valence-electron chi connectivity index (χ0n) is 8.67. The summed E-state index contributed by atoms with van der Waals surface area (Å²) in [5.41, 5.74) is 0.776. The number of hydrogen-bond donors (Lipinski definition) is 1. The third-order valence-corrected chi connectivity index (χ3v) is 1.99. The molecule has 0 fully saturated rings. The summed E-state index contributed by atoms with van der Waals surface area (Å²) in [7, 11) is 0. The van der Waals surface area contributed by atoms with E-state index in [2.05, 4.69) is 5.32 Å². The van der Waals surface area contributed by atoms with Gasteiger partial charge in [-0.1, -0.05) is 12.1 Å². The van der Waals surface area contributed by atoms with E-state index < -0.39 is 18.6 Å². The number of anilines is 1. The van der Waals surface area contributed by atoms with Gasteiger partial charge in [0.05, 0.1) is 17.7 Å². The van der Waals surface area contributed by atoms with Crippen molar-refractivity contribution in [3.63, 3.8) is 0 Å². The van der Waals surface area contributed by atoms with E-state index in [9.17, 15) is 13.2 Å². The molecule has 1 aromatic carbocycles. The highest BCUT2D eigenvalue weighted by Gasteiger charge is 2.30. The average Bonchev–Trinajstić information content (AvgIpc) is 2.15. The Balaban J connectivity index is 2.70. The van der Waals surface area contributed by atoms with E-state index in [1.54, 1.807) is 24.3 Å². The molecule has 0 radical (unpaired) electrons. The van der Waals surface area contributed by atoms with Crippen LogP contribution in [0, 0.1) is 11.3 Å². The number of nitrogens with zero attached hydrogens (tertiary/aromatic N) is 1. The van der Waals surface area contributed by atoms with Crippen molar-refractivity contribution >= 4 is 5.69 Å². The molecule has 1 aromatic rings. The van der Waals surface area contributed by atoms with Crippen molar-refractivity contribution in [2.75, 3.05) is 5.32 Å². The fourth-order valence-corrected chi connectivity index (χ4v) is 1.37. The Labute approximate surface area is 91.7 Å². The number of benzene rings is 1. The molecule has 0 heterocycles. The fraction of sp³-hybridized carbons (Fsp3) is 0.364. The molecule has 1 rings (SSSR count). The Hall–Kier alpha value is -1.70. The molecule has 1 N–H and O–H groups in total. The SMILES string of the molecule is CC(CC(F)(F)F)Nc1ccccc1C#N. The van der Waals surface area contributed by atoms with Crippen LogP contribution in [0.3, 0.4) is 0 Å². The molecule has 1 unspecified atom stereocenters. The van der Waals surface area contributed by atoms with Crippen molar-refractivity contribution in [1.29, 1.82) is 5.26 Å². The van der Waals surface area contributed by atoms with E-state index in [1.807, 2.05) is 6.07 Å². The first kappa shape index (κ1) is 12.4. The lowest BCUT2D eigenvalue weighted by atomic mass is 10.1. The van der Waals surface area contributed by atoms with Gasteiger partial charge in [-0.2, -0.15) is 18.4 Å². The van der Waals surface area contributed by atoms with Gasteiger partial charge in [0.2, 0.25) is 0 Å². The van der Waals surface area contributed by atoms with Crippen LogP contribution in [-0.4, -0.2) is 12.2 Å². The summed E-state index contributed by atoms with van der Waals surface area (Å²) < 4.78 is 36.3. The van der Waals surface area contributed by atoms with Gasteiger partial charge < -0.3 is 5.32 Å². The van der Waals surface area contributed by atoms with Gasteiger partial charge >= 0.3 is 6.18 Å². The molecule has 5 heteroatoms. The Morgan fingerprint density at radius 3 is 2.56 bits per heavy atom. The maximum absolute atomic E-state index is 12.1. The highest BCUT2D eigenvalue weighted by molar-refractivity contribution is 5.57. The van der Waals surface area contributed by atoms with Crippen molar-refractivity contribution in [2.24, 2.45) is 0 Å². The van der Waals surface area contributed by atoms with E-state index in [-0.39, 0.29) is 0 Å². The Morgan fingerprint density at radius 1 is 1.38 bits per heavy atom. The van der Waals surface area contributed by atoms with Gasteiger partial charge in [-0.15, -0.1) is 0 Å². The highest BCUT2D eigenvalue weighted by atomic mass is 19.4. The zero-order valence-corrected chi connectivity index (χ0v) is 8.67. The van der Waals surface area contributed by atoms with Crippen LogP contribution in [0.5, 0.6) is 0 Å². The Bertz CT molecular complexity index is 393. The monoisotopic (exact) mass is 228 g/mol. The second-order valence-electron chi connectivity index (χ2n) is 3.52. The second kappa shape index (κ2) is 4.88. The number of nitriles is 1. The van der Waals surface area contributed by atoms with Crippen LogP contribution in [-0.2, 0) is 0 Å². The smallest absolute Gasteiger partial charge is 0.381 e. The van der Waals surface area contributed by atoms with Crippen molar-refractivity contribution in [2.45, 2.75) is 25.6 Å². The molecule has 0 aliphatic heterocycles. The quantitative estimate of drug-likeness (QED) is 0.861.